The number of carbonyl (C=O) groups is 3. The fraction of sp³-hybridized carbons (Fsp3) is 0.869. The van der Waals surface area contributed by atoms with Gasteiger partial charge in [-0.2, -0.15) is 0 Å². The summed E-state index contributed by atoms with van der Waals surface area (Å²) < 4.78 is 23.1. The van der Waals surface area contributed by atoms with Gasteiger partial charge in [0.15, 0.2) is 6.10 Å². The van der Waals surface area contributed by atoms with E-state index in [1.54, 1.807) is 0 Å². The van der Waals surface area contributed by atoms with Crippen LogP contribution in [0.1, 0.15) is 412 Å². The summed E-state index contributed by atoms with van der Waals surface area (Å²) in [6.07, 6.45) is 95.6. The molecule has 0 heterocycles. The Hall–Kier alpha value is -2.75. The molecule has 0 aromatic carbocycles. The molecule has 0 aliphatic carbocycles. The topological polar surface area (TPSA) is 108 Å². The molecule has 0 bridgehead atoms. The number of esters is 2. The second-order valence-electron chi connectivity index (χ2n) is 29.1. The number of allylic oxidation sites excluding steroid dienone is 8. The largest absolute Gasteiger partial charge is 0.477 e. The van der Waals surface area contributed by atoms with E-state index in [-0.39, 0.29) is 38.2 Å². The molecular formula is C84H158NO8+. The highest BCUT2D eigenvalue weighted by atomic mass is 16.7. The number of likely N-dealkylation sites (N-methyl/N-ethyl adjacent to an activating group) is 1. The standard InChI is InChI=1S/C84H157NO8/c1-6-8-10-12-14-16-18-20-22-24-26-28-30-32-34-36-37-38-39-40-41-42-43-44-45-47-49-51-53-55-57-59-61-63-65-67-69-71-73-75-82(87)93-80(79-92-84(83(88)89)90-77-76-85(3,4)5)78-91-81(86)74-72-70-68-66-64-62-60-58-56-54-52-50-48-46-35-33-31-29-27-25-23-21-19-17-15-13-11-9-7-2/h18,20,24-27,30,32,80,84H,6-17,19,21-23,28-29,31,33-79H2,1-5H3/p+1/b20-18-,26-24-,27-25-,32-30-. The van der Waals surface area contributed by atoms with Gasteiger partial charge in [-0.3, -0.25) is 9.59 Å². The first-order chi connectivity index (χ1) is 45.6. The third-order valence-corrected chi connectivity index (χ3v) is 18.6. The van der Waals surface area contributed by atoms with Crippen molar-refractivity contribution in [1.29, 1.82) is 0 Å². The third kappa shape index (κ3) is 76.5. The Morgan fingerprint density at radius 3 is 0.871 bits per heavy atom. The average Bonchev–Trinajstić information content (AvgIpc) is 3.38. The minimum absolute atomic E-state index is 0.176. The van der Waals surface area contributed by atoms with Crippen molar-refractivity contribution >= 4 is 17.9 Å². The zero-order valence-electron chi connectivity index (χ0n) is 62.7. The first kappa shape index (κ1) is 90.2. The lowest BCUT2D eigenvalue weighted by Crippen LogP contribution is -2.40. The maximum absolute atomic E-state index is 13.0. The minimum Gasteiger partial charge on any atom is -0.477 e. The van der Waals surface area contributed by atoms with E-state index in [0.717, 1.165) is 51.4 Å². The molecule has 9 heteroatoms. The Kier molecular flexibility index (Phi) is 72.8. The predicted molar refractivity (Wildman–Crippen MR) is 401 cm³/mol. The van der Waals surface area contributed by atoms with E-state index in [0.29, 0.717) is 17.4 Å². The van der Waals surface area contributed by atoms with E-state index >= 15 is 0 Å². The number of unbranched alkanes of at least 4 members (excludes halogenated alkanes) is 54. The number of ether oxygens (including phenoxy) is 4. The van der Waals surface area contributed by atoms with Gasteiger partial charge in [0.1, 0.15) is 13.2 Å². The molecule has 9 nitrogen and oxygen atoms in total. The smallest absolute Gasteiger partial charge is 0.361 e. The number of carbonyl (C=O) groups excluding carboxylic acids is 2. The van der Waals surface area contributed by atoms with Crippen LogP contribution in [0.4, 0.5) is 0 Å². The van der Waals surface area contributed by atoms with E-state index in [1.807, 2.05) is 21.1 Å². The summed E-state index contributed by atoms with van der Waals surface area (Å²) >= 11 is 0. The van der Waals surface area contributed by atoms with Gasteiger partial charge in [0.25, 0.3) is 6.29 Å². The van der Waals surface area contributed by atoms with Gasteiger partial charge in [0.05, 0.1) is 34.4 Å². The molecule has 1 N–H and O–H groups in total. The summed E-state index contributed by atoms with van der Waals surface area (Å²) in [7, 11) is 6.00. The van der Waals surface area contributed by atoms with Crippen molar-refractivity contribution in [1.82, 2.24) is 0 Å². The molecule has 0 spiro atoms. The summed E-state index contributed by atoms with van der Waals surface area (Å²) in [5.41, 5.74) is 0. The maximum Gasteiger partial charge on any atom is 0.361 e. The number of hydrogen-bond donors (Lipinski definition) is 1. The zero-order chi connectivity index (χ0) is 67.5. The lowest BCUT2D eigenvalue weighted by atomic mass is 10.0. The normalized spacial score (nSPS) is 12.8. The Labute approximate surface area is 578 Å². The lowest BCUT2D eigenvalue weighted by molar-refractivity contribution is -0.870. The van der Waals surface area contributed by atoms with Gasteiger partial charge >= 0.3 is 17.9 Å². The molecule has 2 unspecified atom stereocenters. The fourth-order valence-corrected chi connectivity index (χ4v) is 12.3. The van der Waals surface area contributed by atoms with Crippen LogP contribution in [0.5, 0.6) is 0 Å². The minimum atomic E-state index is -1.51. The molecule has 0 aliphatic heterocycles. The van der Waals surface area contributed by atoms with Gasteiger partial charge in [-0.1, -0.05) is 371 Å². The Morgan fingerprint density at radius 1 is 0.323 bits per heavy atom. The lowest BCUT2D eigenvalue weighted by Gasteiger charge is -2.25. The Bertz CT molecular complexity index is 1670. The van der Waals surface area contributed by atoms with E-state index in [2.05, 4.69) is 62.5 Å². The molecule has 0 aliphatic rings. The SMILES string of the molecule is CCCCCCC/C=C\C/C=C\C/C=C\CCCCCCCCCCCCCCCCCCCCCCCCCCC(=O)OC(COC(=O)CCCCCCCCCCCCCCCCCCC/C=C\CCCCCCCCCC)COC(OCC[N+](C)(C)C)C(=O)O. The molecule has 0 fully saturated rings. The van der Waals surface area contributed by atoms with E-state index < -0.39 is 18.4 Å². The summed E-state index contributed by atoms with van der Waals surface area (Å²) in [5.74, 6) is -1.97. The van der Waals surface area contributed by atoms with Crippen LogP contribution < -0.4 is 0 Å². The molecule has 2 atom stereocenters. The van der Waals surface area contributed by atoms with Crippen LogP contribution >= 0.6 is 0 Å². The maximum atomic E-state index is 13.0. The molecular weight excluding hydrogens is 1150 g/mol. The summed E-state index contributed by atoms with van der Waals surface area (Å²) in [6.45, 7) is 4.94. The van der Waals surface area contributed by atoms with Crippen molar-refractivity contribution < 1.29 is 42.9 Å². The summed E-state index contributed by atoms with van der Waals surface area (Å²) in [6, 6.07) is 0. The number of aliphatic carboxylic acids is 1. The number of quaternary nitrogens is 1. The molecule has 546 valence electrons. The predicted octanol–water partition coefficient (Wildman–Crippen LogP) is 26.0. The van der Waals surface area contributed by atoms with Crippen molar-refractivity contribution in [2.75, 3.05) is 47.5 Å². The van der Waals surface area contributed by atoms with Crippen LogP contribution in [0.15, 0.2) is 48.6 Å². The third-order valence-electron chi connectivity index (χ3n) is 18.6. The first-order valence-electron chi connectivity index (χ1n) is 40.8. The number of carboxylic acids is 1. The number of carboxylic acid groups (broad SMARTS) is 1. The van der Waals surface area contributed by atoms with Crippen molar-refractivity contribution in [3.8, 4) is 0 Å². The van der Waals surface area contributed by atoms with Crippen molar-refractivity contribution in [2.45, 2.75) is 424 Å². The van der Waals surface area contributed by atoms with Crippen LogP contribution in [0, 0.1) is 0 Å². The quantitative estimate of drug-likeness (QED) is 0.0211. The van der Waals surface area contributed by atoms with E-state index in [9.17, 15) is 19.5 Å². The average molecular weight is 1310 g/mol. The second kappa shape index (κ2) is 75.0. The zero-order valence-corrected chi connectivity index (χ0v) is 62.7. The summed E-state index contributed by atoms with van der Waals surface area (Å²) in [4.78, 5) is 37.7. The second-order valence-corrected chi connectivity index (χ2v) is 29.1. The molecule has 0 amide bonds. The summed E-state index contributed by atoms with van der Waals surface area (Å²) in [5, 5.41) is 9.77. The molecule has 0 saturated heterocycles. The van der Waals surface area contributed by atoms with Crippen molar-refractivity contribution in [3.05, 3.63) is 48.6 Å². The van der Waals surface area contributed by atoms with Gasteiger partial charge in [-0.05, 0) is 77.0 Å². The van der Waals surface area contributed by atoms with Crippen molar-refractivity contribution in [2.24, 2.45) is 0 Å². The highest BCUT2D eigenvalue weighted by Crippen LogP contribution is 2.20. The molecule has 0 aromatic heterocycles. The first-order valence-corrected chi connectivity index (χ1v) is 40.8. The molecule has 93 heavy (non-hydrogen) atoms. The monoisotopic (exact) mass is 1310 g/mol. The van der Waals surface area contributed by atoms with Crippen LogP contribution in [-0.2, 0) is 33.3 Å². The van der Waals surface area contributed by atoms with Gasteiger partial charge in [0.2, 0.25) is 0 Å². The number of hydrogen-bond acceptors (Lipinski definition) is 7. The molecule has 0 radical (unpaired) electrons. The fourth-order valence-electron chi connectivity index (χ4n) is 12.3. The van der Waals surface area contributed by atoms with Gasteiger partial charge in [-0.25, -0.2) is 4.79 Å². The number of rotatable bonds is 77. The van der Waals surface area contributed by atoms with Crippen LogP contribution in [0.3, 0.4) is 0 Å². The van der Waals surface area contributed by atoms with Crippen LogP contribution in [0.25, 0.3) is 0 Å². The van der Waals surface area contributed by atoms with Crippen LogP contribution in [0.2, 0.25) is 0 Å². The Balaban J connectivity index is 3.96. The van der Waals surface area contributed by atoms with Crippen molar-refractivity contribution in [3.63, 3.8) is 0 Å². The van der Waals surface area contributed by atoms with Gasteiger partial charge < -0.3 is 28.5 Å². The highest BCUT2D eigenvalue weighted by molar-refractivity contribution is 5.71. The Morgan fingerprint density at radius 2 is 0.581 bits per heavy atom. The molecule has 0 aromatic rings. The molecule has 0 saturated carbocycles. The van der Waals surface area contributed by atoms with E-state index in [1.165, 1.54) is 334 Å². The number of nitrogens with zero attached hydrogens (tertiary/aromatic N) is 1. The molecule has 0 rings (SSSR count). The van der Waals surface area contributed by atoms with Gasteiger partial charge in [0, 0.05) is 12.8 Å². The highest BCUT2D eigenvalue weighted by Gasteiger charge is 2.25. The van der Waals surface area contributed by atoms with Gasteiger partial charge in [-0.15, -0.1) is 0 Å². The van der Waals surface area contributed by atoms with Crippen LogP contribution in [-0.4, -0.2) is 87.4 Å². The van der Waals surface area contributed by atoms with E-state index in [4.69, 9.17) is 18.9 Å².